The number of benzene rings is 7. The molecule has 1 N–H and O–H groups in total. The number of rotatable bonds is 4. The van der Waals surface area contributed by atoms with Gasteiger partial charge in [-0.25, -0.2) is 0 Å². The van der Waals surface area contributed by atoms with Crippen molar-refractivity contribution in [3.05, 3.63) is 162 Å². The standard InChI is InChI=1S/C45H36BNO2/c1-43(2,48)44(3,4)49-34-20-18-30-26-42-40(24-31(30)22-34)45(37-17-11-10-16-35(37)36-21-19-32(46)27-38(36)45)39-23-28-12-8-9-13-29(28)25-41(39)47(42)33-14-6-5-7-15-33/h5-27,48H,1-4H3. The molecule has 0 amide bonds. The van der Waals surface area contributed by atoms with Crippen molar-refractivity contribution < 1.29 is 9.84 Å². The number of fused-ring (bicyclic) bond motifs is 11. The molecule has 1 spiro atoms. The van der Waals surface area contributed by atoms with Crippen molar-refractivity contribution in [2.24, 2.45) is 0 Å². The van der Waals surface area contributed by atoms with E-state index in [0.29, 0.717) is 5.75 Å². The third kappa shape index (κ3) is 4.27. The first-order valence-electron chi connectivity index (χ1n) is 16.9. The Morgan fingerprint density at radius 2 is 1.14 bits per heavy atom. The van der Waals surface area contributed by atoms with E-state index in [1.807, 2.05) is 26.0 Å². The minimum absolute atomic E-state index is 0.640. The molecule has 0 saturated carbocycles. The number of nitrogens with zero attached hydrogens (tertiary/aromatic N) is 1. The zero-order chi connectivity index (χ0) is 33.7. The topological polar surface area (TPSA) is 32.7 Å². The van der Waals surface area contributed by atoms with Crippen molar-refractivity contribution >= 4 is 51.9 Å². The van der Waals surface area contributed by atoms with Gasteiger partial charge in [0.25, 0.3) is 0 Å². The van der Waals surface area contributed by atoms with Crippen molar-refractivity contribution in [3.8, 4) is 16.9 Å². The van der Waals surface area contributed by atoms with Crippen molar-refractivity contribution in [1.82, 2.24) is 0 Å². The molecule has 1 atom stereocenters. The molecule has 1 aliphatic heterocycles. The lowest BCUT2D eigenvalue weighted by Crippen LogP contribution is -2.49. The molecule has 2 aliphatic rings. The summed E-state index contributed by atoms with van der Waals surface area (Å²) in [4.78, 5) is 2.43. The Morgan fingerprint density at radius 1 is 0.551 bits per heavy atom. The highest BCUT2D eigenvalue weighted by Crippen LogP contribution is 2.64. The summed E-state index contributed by atoms with van der Waals surface area (Å²) in [7, 11) is 6.66. The van der Waals surface area contributed by atoms with Gasteiger partial charge >= 0.3 is 0 Å². The van der Waals surface area contributed by atoms with Gasteiger partial charge in [0.15, 0.2) is 0 Å². The highest BCUT2D eigenvalue weighted by Gasteiger charge is 2.52. The maximum absolute atomic E-state index is 10.9. The van der Waals surface area contributed by atoms with Gasteiger partial charge in [-0.3, -0.25) is 0 Å². The molecule has 0 aromatic heterocycles. The van der Waals surface area contributed by atoms with Crippen LogP contribution in [-0.2, 0) is 5.41 Å². The molecule has 0 fully saturated rings. The summed E-state index contributed by atoms with van der Waals surface area (Å²) in [6.07, 6.45) is 0. The van der Waals surface area contributed by atoms with Gasteiger partial charge in [-0.1, -0.05) is 96.5 Å². The maximum Gasteiger partial charge on any atom is 0.131 e. The van der Waals surface area contributed by atoms with E-state index in [-0.39, 0.29) is 0 Å². The van der Waals surface area contributed by atoms with Crippen molar-refractivity contribution in [2.75, 3.05) is 4.90 Å². The molecule has 1 heterocycles. The normalized spacial score (nSPS) is 16.4. The SMILES string of the molecule is [B]c1ccc2c(c1)C1(c3ccccc3-2)c2cc3ccccc3cc2N(c2ccccc2)c2cc3ccc(OC(C)(C)C(C)(C)O)cc3cc21. The first kappa shape index (κ1) is 29.8. The molecule has 1 aliphatic carbocycles. The molecule has 7 aromatic carbocycles. The van der Waals surface area contributed by atoms with Gasteiger partial charge in [0.05, 0.1) is 22.4 Å². The van der Waals surface area contributed by atoms with Gasteiger partial charge < -0.3 is 14.7 Å². The zero-order valence-electron chi connectivity index (χ0n) is 28.2. The van der Waals surface area contributed by atoms with Gasteiger partial charge in [0.1, 0.15) is 19.2 Å². The van der Waals surface area contributed by atoms with Crippen LogP contribution in [0.5, 0.6) is 5.75 Å². The Kier molecular flexibility index (Phi) is 6.29. The van der Waals surface area contributed by atoms with Gasteiger partial charge in [-0.15, -0.1) is 0 Å². The smallest absolute Gasteiger partial charge is 0.131 e. The first-order chi connectivity index (χ1) is 23.6. The Morgan fingerprint density at radius 3 is 1.86 bits per heavy atom. The van der Waals surface area contributed by atoms with E-state index in [9.17, 15) is 5.11 Å². The average Bonchev–Trinajstić information content (AvgIpc) is 3.37. The fraction of sp³-hybridized carbons (Fsp3) is 0.156. The number of para-hydroxylation sites is 1. The lowest BCUT2D eigenvalue weighted by molar-refractivity contribution is -0.0906. The largest absolute Gasteiger partial charge is 0.485 e. The van der Waals surface area contributed by atoms with Crippen LogP contribution in [0.25, 0.3) is 32.7 Å². The van der Waals surface area contributed by atoms with Crippen molar-refractivity contribution in [2.45, 2.75) is 44.3 Å². The molecule has 9 rings (SSSR count). The molecule has 49 heavy (non-hydrogen) atoms. The van der Waals surface area contributed by atoms with Crippen LogP contribution in [0.2, 0.25) is 0 Å². The molecule has 0 saturated heterocycles. The molecule has 3 nitrogen and oxygen atoms in total. The van der Waals surface area contributed by atoms with Crippen molar-refractivity contribution in [3.63, 3.8) is 0 Å². The third-order valence-corrected chi connectivity index (χ3v) is 11.0. The Balaban J connectivity index is 1.43. The number of hydrogen-bond donors (Lipinski definition) is 1. The van der Waals surface area contributed by atoms with E-state index in [4.69, 9.17) is 12.6 Å². The summed E-state index contributed by atoms with van der Waals surface area (Å²) in [5.74, 6) is 0.715. The summed E-state index contributed by atoms with van der Waals surface area (Å²) in [6, 6.07) is 50.2. The van der Waals surface area contributed by atoms with E-state index >= 15 is 0 Å². The van der Waals surface area contributed by atoms with E-state index in [1.165, 1.54) is 44.2 Å². The second-order valence-corrected chi connectivity index (χ2v) is 14.5. The Labute approximate surface area is 288 Å². The minimum Gasteiger partial charge on any atom is -0.485 e. The molecular formula is C45H36BNO2. The second-order valence-electron chi connectivity index (χ2n) is 14.5. The number of ether oxygens (including phenoxy) is 1. The molecule has 1 unspecified atom stereocenters. The van der Waals surface area contributed by atoms with Crippen LogP contribution in [0.4, 0.5) is 17.1 Å². The number of hydrogen-bond acceptors (Lipinski definition) is 3. The van der Waals surface area contributed by atoms with Crippen LogP contribution < -0.4 is 15.1 Å². The number of aliphatic hydroxyl groups is 1. The van der Waals surface area contributed by atoms with E-state index in [0.717, 1.165) is 33.3 Å². The summed E-state index contributed by atoms with van der Waals surface area (Å²) in [5.41, 5.74) is 8.88. The van der Waals surface area contributed by atoms with Crippen LogP contribution >= 0.6 is 0 Å². The Bertz CT molecular complexity index is 2460. The van der Waals surface area contributed by atoms with Crippen LogP contribution in [-0.4, -0.2) is 24.2 Å². The highest BCUT2D eigenvalue weighted by molar-refractivity contribution is 6.32. The predicted molar refractivity (Wildman–Crippen MR) is 203 cm³/mol. The van der Waals surface area contributed by atoms with Crippen LogP contribution in [0.15, 0.2) is 140 Å². The fourth-order valence-corrected chi connectivity index (χ4v) is 7.95. The number of anilines is 3. The predicted octanol–water partition coefficient (Wildman–Crippen LogP) is 9.86. The lowest BCUT2D eigenvalue weighted by atomic mass is 9.63. The minimum atomic E-state index is -1.04. The first-order valence-corrected chi connectivity index (χ1v) is 16.9. The molecule has 7 aromatic rings. The van der Waals surface area contributed by atoms with E-state index in [2.05, 4.69) is 132 Å². The maximum atomic E-state index is 10.9. The van der Waals surface area contributed by atoms with E-state index < -0.39 is 16.6 Å². The van der Waals surface area contributed by atoms with E-state index in [1.54, 1.807) is 13.8 Å². The van der Waals surface area contributed by atoms with Gasteiger partial charge in [-0.2, -0.15) is 0 Å². The van der Waals surface area contributed by atoms with Gasteiger partial charge in [-0.05, 0) is 131 Å². The summed E-state index contributed by atoms with van der Waals surface area (Å²) < 4.78 is 6.48. The second kappa shape index (κ2) is 10.3. The van der Waals surface area contributed by atoms with Crippen LogP contribution in [0, 0.1) is 0 Å². The summed E-state index contributed by atoms with van der Waals surface area (Å²) in [6.45, 7) is 7.42. The molecule has 236 valence electrons. The molecule has 2 radical (unpaired) electrons. The summed E-state index contributed by atoms with van der Waals surface area (Å²) >= 11 is 0. The molecule has 4 heteroatoms. The lowest BCUT2D eigenvalue weighted by Gasteiger charge is -2.45. The summed E-state index contributed by atoms with van der Waals surface area (Å²) in [5, 5.41) is 15.4. The monoisotopic (exact) mass is 633 g/mol. The Hall–Kier alpha value is -5.32. The fourth-order valence-electron chi connectivity index (χ4n) is 7.95. The molecular weight excluding hydrogens is 597 g/mol. The van der Waals surface area contributed by atoms with Crippen molar-refractivity contribution in [1.29, 1.82) is 0 Å². The third-order valence-electron chi connectivity index (χ3n) is 11.0. The average molecular weight is 634 g/mol. The van der Waals surface area contributed by atoms with Gasteiger partial charge in [0.2, 0.25) is 0 Å². The van der Waals surface area contributed by atoms with Crippen LogP contribution in [0.3, 0.4) is 0 Å². The highest BCUT2D eigenvalue weighted by atomic mass is 16.5. The quantitative estimate of drug-likeness (QED) is 0.196. The van der Waals surface area contributed by atoms with Gasteiger partial charge in [0, 0.05) is 5.69 Å². The van der Waals surface area contributed by atoms with Crippen LogP contribution in [0.1, 0.15) is 49.9 Å². The zero-order valence-corrected chi connectivity index (χ0v) is 28.2. The molecule has 0 bridgehead atoms.